The number of ether oxygens (including phenoxy) is 3. The maximum Gasteiger partial charge on any atom is 0.165 e. The molecule has 0 radical (unpaired) electrons. The Balaban J connectivity index is 1.32. The molecule has 0 amide bonds. The molecule has 220 valence electrons. The van der Waals surface area contributed by atoms with Crippen molar-refractivity contribution in [2.24, 2.45) is 0 Å². The molecule has 0 saturated carbocycles. The molecule has 1 aliphatic carbocycles. The molecule has 1 heterocycles. The molecule has 0 N–H and O–H groups in total. The number of likely N-dealkylation sites (tertiary alicyclic amines) is 1. The minimum atomic E-state index is -0.289. The Bertz CT molecular complexity index is 1290. The summed E-state index contributed by atoms with van der Waals surface area (Å²) in [6.45, 7) is 7.29. The van der Waals surface area contributed by atoms with E-state index in [9.17, 15) is 0 Å². The Labute approximate surface area is 245 Å². The number of aryl methyl sites for hydroxylation is 1. The van der Waals surface area contributed by atoms with Gasteiger partial charge in [0, 0.05) is 31.4 Å². The van der Waals surface area contributed by atoms with Gasteiger partial charge in [-0.2, -0.15) is 0 Å². The van der Waals surface area contributed by atoms with Gasteiger partial charge < -0.3 is 19.1 Å². The predicted octanol–water partition coefficient (Wildman–Crippen LogP) is 7.40. The zero-order chi connectivity index (χ0) is 28.6. The van der Waals surface area contributed by atoms with E-state index in [-0.39, 0.29) is 5.82 Å². The van der Waals surface area contributed by atoms with Gasteiger partial charge in [0.2, 0.25) is 0 Å². The van der Waals surface area contributed by atoms with Crippen molar-refractivity contribution in [1.82, 2.24) is 4.90 Å². The molecule has 1 aliphatic heterocycles. The van der Waals surface area contributed by atoms with Crippen LogP contribution in [0.4, 0.5) is 10.1 Å². The van der Waals surface area contributed by atoms with Crippen molar-refractivity contribution in [3.05, 3.63) is 82.7 Å². The largest absolute Gasteiger partial charge is 0.497 e. The van der Waals surface area contributed by atoms with Crippen molar-refractivity contribution in [3.63, 3.8) is 0 Å². The molecule has 6 heteroatoms. The molecule has 5 rings (SSSR count). The third-order valence-corrected chi connectivity index (χ3v) is 8.64. The number of fused-ring (bicyclic) bond motifs is 1. The standard InChI is InChI=1S/C35H45FN2O3/c1-4-16-38(25-26-8-15-35(33(36)21-26)41-20-19-37-17-6-5-7-18-37)34-24-31(40-3)13-14-32(34)29-10-9-28-23-30(39-2)12-11-27(28)22-29/h8,11-15,21,23-24,29H,4-7,9-10,16-20,22,25H2,1-3H3. The highest BCUT2D eigenvalue weighted by atomic mass is 19.1. The van der Waals surface area contributed by atoms with Gasteiger partial charge in [-0.05, 0) is 110 Å². The Kier molecular flexibility index (Phi) is 10.0. The van der Waals surface area contributed by atoms with Crippen molar-refractivity contribution >= 4 is 5.69 Å². The summed E-state index contributed by atoms with van der Waals surface area (Å²) in [5, 5.41) is 0. The average molecular weight is 561 g/mol. The highest BCUT2D eigenvalue weighted by molar-refractivity contribution is 5.60. The van der Waals surface area contributed by atoms with Crippen LogP contribution < -0.4 is 19.1 Å². The first-order chi connectivity index (χ1) is 20.1. The second kappa shape index (κ2) is 14.1. The van der Waals surface area contributed by atoms with Crippen LogP contribution in [0.25, 0.3) is 0 Å². The predicted molar refractivity (Wildman–Crippen MR) is 164 cm³/mol. The lowest BCUT2D eigenvalue weighted by Gasteiger charge is -2.32. The molecule has 41 heavy (non-hydrogen) atoms. The number of anilines is 1. The molecular formula is C35H45FN2O3. The van der Waals surface area contributed by atoms with Crippen LogP contribution in [0.1, 0.15) is 67.2 Å². The van der Waals surface area contributed by atoms with Crippen LogP contribution in [0.3, 0.4) is 0 Å². The Morgan fingerprint density at radius 3 is 2.44 bits per heavy atom. The maximum absolute atomic E-state index is 15.2. The number of methoxy groups -OCH3 is 2. The molecule has 3 aromatic carbocycles. The summed E-state index contributed by atoms with van der Waals surface area (Å²) in [6, 6.07) is 18.4. The van der Waals surface area contributed by atoms with Crippen LogP contribution in [0.5, 0.6) is 17.2 Å². The summed E-state index contributed by atoms with van der Waals surface area (Å²) in [5.41, 5.74) is 6.22. The van der Waals surface area contributed by atoms with Crippen molar-refractivity contribution in [2.45, 2.75) is 64.3 Å². The first kappa shape index (κ1) is 29.2. The SMILES string of the molecule is CCCN(Cc1ccc(OCCN2CCCCC2)c(F)c1)c1cc(OC)ccc1C1CCc2cc(OC)ccc2C1. The lowest BCUT2D eigenvalue weighted by molar-refractivity contribution is 0.180. The number of halogens is 1. The number of benzene rings is 3. The van der Waals surface area contributed by atoms with Crippen LogP contribution in [0, 0.1) is 5.82 Å². The van der Waals surface area contributed by atoms with E-state index in [4.69, 9.17) is 14.2 Å². The molecule has 1 saturated heterocycles. The van der Waals surface area contributed by atoms with Gasteiger partial charge in [0.05, 0.1) is 14.2 Å². The summed E-state index contributed by atoms with van der Waals surface area (Å²) in [7, 11) is 3.44. The zero-order valence-electron chi connectivity index (χ0n) is 25.0. The Hall–Kier alpha value is -3.25. The second-order valence-corrected chi connectivity index (χ2v) is 11.4. The quantitative estimate of drug-likeness (QED) is 0.231. The molecule has 1 unspecified atom stereocenters. The van der Waals surface area contributed by atoms with Gasteiger partial charge in [0.25, 0.3) is 0 Å². The number of hydrogen-bond acceptors (Lipinski definition) is 5. The third-order valence-electron chi connectivity index (χ3n) is 8.64. The highest BCUT2D eigenvalue weighted by Gasteiger charge is 2.25. The second-order valence-electron chi connectivity index (χ2n) is 11.4. The van der Waals surface area contributed by atoms with Crippen molar-refractivity contribution < 1.29 is 18.6 Å². The summed E-state index contributed by atoms with van der Waals surface area (Å²) >= 11 is 0. The summed E-state index contributed by atoms with van der Waals surface area (Å²) < 4.78 is 32.1. The van der Waals surface area contributed by atoms with E-state index in [0.29, 0.717) is 24.8 Å². The van der Waals surface area contributed by atoms with Crippen LogP contribution in [0.15, 0.2) is 54.6 Å². The molecule has 1 atom stereocenters. The van der Waals surface area contributed by atoms with E-state index in [1.165, 1.54) is 41.6 Å². The average Bonchev–Trinajstić information content (AvgIpc) is 3.01. The van der Waals surface area contributed by atoms with Gasteiger partial charge in [-0.1, -0.05) is 31.5 Å². The molecule has 0 aromatic heterocycles. The monoisotopic (exact) mass is 560 g/mol. The topological polar surface area (TPSA) is 34.2 Å². The normalized spacial score (nSPS) is 17.1. The number of nitrogens with zero attached hydrogens (tertiary/aromatic N) is 2. The molecule has 5 nitrogen and oxygen atoms in total. The molecule has 1 fully saturated rings. The molecule has 2 aliphatic rings. The third kappa shape index (κ3) is 7.34. The number of hydrogen-bond donors (Lipinski definition) is 0. The minimum Gasteiger partial charge on any atom is -0.497 e. The van der Waals surface area contributed by atoms with Gasteiger partial charge in [-0.3, -0.25) is 4.90 Å². The van der Waals surface area contributed by atoms with Gasteiger partial charge in [0.15, 0.2) is 11.6 Å². The lowest BCUT2D eigenvalue weighted by Crippen LogP contribution is -2.33. The molecule has 0 bridgehead atoms. The Morgan fingerprint density at radius 2 is 1.68 bits per heavy atom. The zero-order valence-corrected chi connectivity index (χ0v) is 25.0. The molecular weight excluding hydrogens is 515 g/mol. The Morgan fingerprint density at radius 1 is 0.902 bits per heavy atom. The summed E-state index contributed by atoms with van der Waals surface area (Å²) in [4.78, 5) is 4.79. The fourth-order valence-corrected chi connectivity index (χ4v) is 6.40. The van der Waals surface area contributed by atoms with E-state index in [0.717, 1.165) is 68.9 Å². The van der Waals surface area contributed by atoms with Crippen LogP contribution in [-0.4, -0.2) is 51.9 Å². The van der Waals surface area contributed by atoms with Gasteiger partial charge >= 0.3 is 0 Å². The summed E-state index contributed by atoms with van der Waals surface area (Å²) in [5.74, 6) is 2.22. The van der Waals surface area contributed by atoms with Crippen LogP contribution in [0.2, 0.25) is 0 Å². The molecule has 3 aromatic rings. The minimum absolute atomic E-state index is 0.289. The fraction of sp³-hybridized carbons (Fsp3) is 0.486. The van der Waals surface area contributed by atoms with E-state index in [1.54, 1.807) is 26.4 Å². The van der Waals surface area contributed by atoms with E-state index in [1.807, 2.05) is 6.07 Å². The summed E-state index contributed by atoms with van der Waals surface area (Å²) in [6.07, 6.45) is 7.90. The van der Waals surface area contributed by atoms with Crippen molar-refractivity contribution in [1.29, 1.82) is 0 Å². The van der Waals surface area contributed by atoms with E-state index >= 15 is 4.39 Å². The maximum atomic E-state index is 15.2. The van der Waals surface area contributed by atoms with E-state index in [2.05, 4.69) is 53.1 Å². The van der Waals surface area contributed by atoms with Crippen molar-refractivity contribution in [3.8, 4) is 17.2 Å². The van der Waals surface area contributed by atoms with Crippen LogP contribution in [-0.2, 0) is 19.4 Å². The lowest BCUT2D eigenvalue weighted by atomic mass is 9.79. The van der Waals surface area contributed by atoms with Crippen molar-refractivity contribution in [2.75, 3.05) is 51.9 Å². The van der Waals surface area contributed by atoms with Gasteiger partial charge in [-0.15, -0.1) is 0 Å². The fourth-order valence-electron chi connectivity index (χ4n) is 6.40. The highest BCUT2D eigenvalue weighted by Crippen LogP contribution is 2.40. The van der Waals surface area contributed by atoms with Crippen LogP contribution >= 0.6 is 0 Å². The smallest absolute Gasteiger partial charge is 0.165 e. The first-order valence-electron chi connectivity index (χ1n) is 15.3. The van der Waals surface area contributed by atoms with E-state index < -0.39 is 0 Å². The number of piperidine rings is 1. The van der Waals surface area contributed by atoms with Gasteiger partial charge in [-0.25, -0.2) is 4.39 Å². The van der Waals surface area contributed by atoms with Gasteiger partial charge in [0.1, 0.15) is 18.1 Å². The molecule has 0 spiro atoms. The first-order valence-corrected chi connectivity index (χ1v) is 15.3. The number of rotatable bonds is 12.